The molecular weight excluding hydrogens is 294 g/mol. The minimum absolute atomic E-state index is 0.459. The first-order valence-corrected chi connectivity index (χ1v) is 6.94. The van der Waals surface area contributed by atoms with E-state index >= 15 is 0 Å². The van der Waals surface area contributed by atoms with Crippen LogP contribution in [0.5, 0.6) is 11.6 Å². The molecule has 0 saturated carbocycles. The lowest BCUT2D eigenvalue weighted by Crippen LogP contribution is -2.08. The highest BCUT2D eigenvalue weighted by Crippen LogP contribution is 2.26. The zero-order valence-electron chi connectivity index (χ0n) is 12.7. The zero-order chi connectivity index (χ0) is 16.1. The fourth-order valence-corrected chi connectivity index (χ4v) is 2.06. The molecule has 0 radical (unpaired) electrons. The standard InChI is InChI=1S/C16H15N5O2/c1-11-9-14(20-10-19-11)23-13-6-4-3-5-12(13)15(21-22-2)16-17-7-8-18-16/h3-10H,1-2H3,(H,17,18). The van der Waals surface area contributed by atoms with Crippen molar-refractivity contribution in [3.05, 3.63) is 66.1 Å². The number of aromatic amines is 1. The van der Waals surface area contributed by atoms with Gasteiger partial charge >= 0.3 is 0 Å². The number of H-pyrrole nitrogens is 1. The van der Waals surface area contributed by atoms with Crippen molar-refractivity contribution in [2.45, 2.75) is 6.92 Å². The number of nitrogens with one attached hydrogen (secondary N) is 1. The molecule has 7 nitrogen and oxygen atoms in total. The van der Waals surface area contributed by atoms with Crippen LogP contribution in [0.15, 0.2) is 54.2 Å². The van der Waals surface area contributed by atoms with E-state index in [0.717, 1.165) is 11.3 Å². The second kappa shape index (κ2) is 6.69. The van der Waals surface area contributed by atoms with Crippen LogP contribution in [0.2, 0.25) is 0 Å². The molecule has 0 amide bonds. The lowest BCUT2D eigenvalue weighted by Gasteiger charge is -2.11. The van der Waals surface area contributed by atoms with Crippen LogP contribution >= 0.6 is 0 Å². The monoisotopic (exact) mass is 309 g/mol. The summed E-state index contributed by atoms with van der Waals surface area (Å²) < 4.78 is 5.89. The van der Waals surface area contributed by atoms with Crippen LogP contribution < -0.4 is 4.74 Å². The zero-order valence-corrected chi connectivity index (χ0v) is 12.7. The molecule has 23 heavy (non-hydrogen) atoms. The number of nitrogens with zero attached hydrogens (tertiary/aromatic N) is 4. The van der Waals surface area contributed by atoms with Crippen LogP contribution in [0.3, 0.4) is 0 Å². The van der Waals surface area contributed by atoms with Crippen LogP contribution in [-0.2, 0) is 4.84 Å². The molecule has 3 rings (SSSR count). The van der Waals surface area contributed by atoms with E-state index in [9.17, 15) is 0 Å². The number of para-hydroxylation sites is 1. The molecule has 0 atom stereocenters. The van der Waals surface area contributed by atoms with Gasteiger partial charge in [0.1, 0.15) is 19.2 Å². The van der Waals surface area contributed by atoms with Crippen molar-refractivity contribution < 1.29 is 9.57 Å². The molecule has 0 bridgehead atoms. The van der Waals surface area contributed by atoms with E-state index < -0.39 is 0 Å². The third-order valence-electron chi connectivity index (χ3n) is 3.04. The van der Waals surface area contributed by atoms with Crippen LogP contribution in [0, 0.1) is 6.92 Å². The van der Waals surface area contributed by atoms with Gasteiger partial charge in [-0.1, -0.05) is 17.3 Å². The van der Waals surface area contributed by atoms with E-state index in [1.165, 1.54) is 13.4 Å². The fourth-order valence-electron chi connectivity index (χ4n) is 2.06. The molecule has 0 aliphatic heterocycles. The summed E-state index contributed by atoms with van der Waals surface area (Å²) in [6.45, 7) is 1.88. The maximum atomic E-state index is 5.89. The van der Waals surface area contributed by atoms with Crippen LogP contribution in [0.25, 0.3) is 0 Å². The van der Waals surface area contributed by atoms with Gasteiger partial charge in [-0.2, -0.15) is 0 Å². The summed E-state index contributed by atoms with van der Waals surface area (Å²) in [6.07, 6.45) is 4.83. The van der Waals surface area contributed by atoms with Gasteiger partial charge in [0.2, 0.25) is 5.88 Å². The van der Waals surface area contributed by atoms with Crippen molar-refractivity contribution in [2.24, 2.45) is 5.16 Å². The Kier molecular flexibility index (Phi) is 4.28. The van der Waals surface area contributed by atoms with Gasteiger partial charge in [-0.3, -0.25) is 0 Å². The van der Waals surface area contributed by atoms with E-state index in [2.05, 4.69) is 25.1 Å². The van der Waals surface area contributed by atoms with Crippen LogP contribution in [-0.4, -0.2) is 32.8 Å². The Morgan fingerprint density at radius 3 is 2.78 bits per heavy atom. The molecule has 1 aromatic carbocycles. The van der Waals surface area contributed by atoms with Crippen molar-refractivity contribution in [3.8, 4) is 11.6 Å². The molecule has 0 spiro atoms. The van der Waals surface area contributed by atoms with Gasteiger partial charge in [0.05, 0.1) is 5.56 Å². The molecule has 0 unspecified atom stereocenters. The summed E-state index contributed by atoms with van der Waals surface area (Å²) in [6, 6.07) is 9.24. The maximum absolute atomic E-state index is 5.89. The highest BCUT2D eigenvalue weighted by molar-refractivity contribution is 6.12. The first-order chi connectivity index (χ1) is 11.3. The maximum Gasteiger partial charge on any atom is 0.222 e. The van der Waals surface area contributed by atoms with Crippen molar-refractivity contribution in [2.75, 3.05) is 7.11 Å². The van der Waals surface area contributed by atoms with E-state index in [1.54, 1.807) is 18.5 Å². The normalized spacial score (nSPS) is 11.3. The predicted molar refractivity (Wildman–Crippen MR) is 84.5 cm³/mol. The molecule has 0 aliphatic rings. The summed E-state index contributed by atoms with van der Waals surface area (Å²) in [4.78, 5) is 20.4. The lowest BCUT2D eigenvalue weighted by atomic mass is 10.1. The number of hydrogen-bond acceptors (Lipinski definition) is 6. The molecule has 2 heterocycles. The second-order valence-corrected chi connectivity index (χ2v) is 4.66. The quantitative estimate of drug-likeness (QED) is 0.578. The molecule has 0 aliphatic carbocycles. The second-order valence-electron chi connectivity index (χ2n) is 4.66. The Morgan fingerprint density at radius 2 is 2.04 bits per heavy atom. The number of aryl methyl sites for hydroxylation is 1. The Hall–Kier alpha value is -3.22. The summed E-state index contributed by atoms with van der Waals surface area (Å²) >= 11 is 0. The Balaban J connectivity index is 2.01. The third kappa shape index (κ3) is 3.34. The summed E-state index contributed by atoms with van der Waals surface area (Å²) in [5.74, 6) is 1.64. The topological polar surface area (TPSA) is 85.3 Å². The van der Waals surface area contributed by atoms with Crippen molar-refractivity contribution >= 4 is 5.71 Å². The number of aromatic nitrogens is 4. The molecule has 116 valence electrons. The highest BCUT2D eigenvalue weighted by atomic mass is 16.6. The number of hydrogen-bond donors (Lipinski definition) is 1. The van der Waals surface area contributed by atoms with E-state index in [-0.39, 0.29) is 0 Å². The van der Waals surface area contributed by atoms with Gasteiger partial charge in [-0.25, -0.2) is 15.0 Å². The van der Waals surface area contributed by atoms with Gasteiger partial charge < -0.3 is 14.6 Å². The Labute approximate surface area is 133 Å². The van der Waals surface area contributed by atoms with E-state index in [4.69, 9.17) is 9.57 Å². The summed E-state index contributed by atoms with van der Waals surface area (Å²) in [5.41, 5.74) is 2.10. The molecule has 1 N–H and O–H groups in total. The number of ether oxygens (including phenoxy) is 1. The average Bonchev–Trinajstić information content (AvgIpc) is 3.08. The van der Waals surface area contributed by atoms with E-state index in [0.29, 0.717) is 23.2 Å². The van der Waals surface area contributed by atoms with E-state index in [1.807, 2.05) is 31.2 Å². The van der Waals surface area contributed by atoms with Crippen LogP contribution in [0.4, 0.5) is 0 Å². The molecule has 0 fully saturated rings. The van der Waals surface area contributed by atoms with Gasteiger partial charge in [-0.15, -0.1) is 0 Å². The predicted octanol–water partition coefficient (Wildman–Crippen LogP) is 2.70. The fraction of sp³-hybridized carbons (Fsp3) is 0.125. The molecule has 2 aromatic heterocycles. The van der Waals surface area contributed by atoms with Gasteiger partial charge in [-0.05, 0) is 19.1 Å². The number of benzene rings is 1. The third-order valence-corrected chi connectivity index (χ3v) is 3.04. The largest absolute Gasteiger partial charge is 0.438 e. The number of imidazole rings is 1. The van der Waals surface area contributed by atoms with Crippen molar-refractivity contribution in [1.29, 1.82) is 0 Å². The van der Waals surface area contributed by atoms with Gasteiger partial charge in [0.25, 0.3) is 0 Å². The SMILES string of the molecule is CON=C(c1ncc[nH]1)c1ccccc1Oc1cc(C)ncn1. The minimum Gasteiger partial charge on any atom is -0.438 e. The summed E-state index contributed by atoms with van der Waals surface area (Å²) in [7, 11) is 1.49. The van der Waals surface area contributed by atoms with Gasteiger partial charge in [0.15, 0.2) is 11.5 Å². The molecular formula is C16H15N5O2. The van der Waals surface area contributed by atoms with Crippen molar-refractivity contribution in [1.82, 2.24) is 19.9 Å². The first kappa shape index (κ1) is 14.7. The lowest BCUT2D eigenvalue weighted by molar-refractivity contribution is 0.213. The Bertz CT molecular complexity index is 815. The molecule has 0 saturated heterocycles. The Morgan fingerprint density at radius 1 is 1.17 bits per heavy atom. The van der Waals surface area contributed by atoms with Crippen molar-refractivity contribution in [3.63, 3.8) is 0 Å². The number of oxime groups is 1. The molecule has 3 aromatic rings. The summed E-state index contributed by atoms with van der Waals surface area (Å²) in [5, 5.41) is 4.07. The van der Waals surface area contributed by atoms with Gasteiger partial charge in [0, 0.05) is 24.2 Å². The smallest absolute Gasteiger partial charge is 0.222 e. The molecule has 7 heteroatoms. The minimum atomic E-state index is 0.459. The first-order valence-electron chi connectivity index (χ1n) is 6.94. The van der Waals surface area contributed by atoms with Crippen LogP contribution in [0.1, 0.15) is 17.1 Å². The average molecular weight is 309 g/mol. The highest BCUT2D eigenvalue weighted by Gasteiger charge is 2.16. The number of rotatable bonds is 5.